The average molecular weight is 286 g/mol. The van der Waals surface area contributed by atoms with Gasteiger partial charge in [0, 0.05) is 24.3 Å². The number of hydrogen-bond donors (Lipinski definition) is 1. The van der Waals surface area contributed by atoms with E-state index in [1.165, 1.54) is 24.1 Å². The van der Waals surface area contributed by atoms with Crippen LogP contribution < -0.4 is 5.32 Å². The maximum Gasteiger partial charge on any atom is 0.228 e. The largest absolute Gasteiger partial charge is 0.382 e. The molecular formula is C18H26N2O. The lowest BCUT2D eigenvalue weighted by atomic mass is 9.85. The molecule has 3 atom stereocenters. The van der Waals surface area contributed by atoms with E-state index < -0.39 is 0 Å². The highest BCUT2D eigenvalue weighted by Crippen LogP contribution is 2.31. The zero-order valence-electron chi connectivity index (χ0n) is 13.1. The molecule has 1 amide bonds. The van der Waals surface area contributed by atoms with Crippen LogP contribution in [-0.2, 0) is 11.2 Å². The van der Waals surface area contributed by atoms with Crippen molar-refractivity contribution in [3.63, 3.8) is 0 Å². The Morgan fingerprint density at radius 2 is 2.14 bits per heavy atom. The summed E-state index contributed by atoms with van der Waals surface area (Å²) in [4.78, 5) is 15.2. The standard InChI is InChI=1S/C18H26N2O/c1-3-15-9-6-7-11-20(15)18(21)16-12-14-8-4-5-10-17(14)19-13(16)2/h4-5,8,10,13,15-16,19H,3,6-7,9,11-12H2,1-2H3. The number of nitrogens with one attached hydrogen (secondary N) is 1. The Labute approximate surface area is 127 Å². The molecule has 3 unspecified atom stereocenters. The number of nitrogens with zero attached hydrogens (tertiary/aromatic N) is 1. The van der Waals surface area contributed by atoms with E-state index in [9.17, 15) is 4.79 Å². The number of carbonyl (C=O) groups excluding carboxylic acids is 1. The van der Waals surface area contributed by atoms with Crippen molar-refractivity contribution in [2.24, 2.45) is 5.92 Å². The third kappa shape index (κ3) is 2.78. The second-order valence-electron chi connectivity index (χ2n) is 6.49. The Morgan fingerprint density at radius 3 is 2.95 bits per heavy atom. The van der Waals surface area contributed by atoms with Gasteiger partial charge in [-0.1, -0.05) is 25.1 Å². The molecule has 1 N–H and O–H groups in total. The van der Waals surface area contributed by atoms with Gasteiger partial charge in [0.25, 0.3) is 0 Å². The molecule has 2 heterocycles. The van der Waals surface area contributed by atoms with E-state index in [2.05, 4.69) is 48.3 Å². The number of fused-ring (bicyclic) bond motifs is 1. The lowest BCUT2D eigenvalue weighted by Gasteiger charge is -2.40. The minimum atomic E-state index is 0.0760. The van der Waals surface area contributed by atoms with E-state index in [0.29, 0.717) is 11.9 Å². The van der Waals surface area contributed by atoms with E-state index in [1.807, 2.05) is 0 Å². The van der Waals surface area contributed by atoms with Gasteiger partial charge in [0.15, 0.2) is 0 Å². The SMILES string of the molecule is CCC1CCCCN1C(=O)C1Cc2ccccc2NC1C. The van der Waals surface area contributed by atoms with Crippen molar-refractivity contribution >= 4 is 11.6 Å². The first-order chi connectivity index (χ1) is 10.2. The third-order valence-corrected chi connectivity index (χ3v) is 5.14. The molecule has 3 rings (SSSR count). The molecule has 1 fully saturated rings. The van der Waals surface area contributed by atoms with Gasteiger partial charge < -0.3 is 10.2 Å². The summed E-state index contributed by atoms with van der Waals surface area (Å²) >= 11 is 0. The van der Waals surface area contributed by atoms with Gasteiger partial charge >= 0.3 is 0 Å². The van der Waals surface area contributed by atoms with Crippen LogP contribution in [0.4, 0.5) is 5.69 Å². The average Bonchev–Trinajstić information content (AvgIpc) is 2.53. The van der Waals surface area contributed by atoms with Gasteiger partial charge in [0.2, 0.25) is 5.91 Å². The van der Waals surface area contributed by atoms with Gasteiger partial charge in [-0.15, -0.1) is 0 Å². The fourth-order valence-electron chi connectivity index (χ4n) is 3.83. The molecule has 0 bridgehead atoms. The van der Waals surface area contributed by atoms with Gasteiger partial charge in [0.05, 0.1) is 5.92 Å². The van der Waals surface area contributed by atoms with Crippen LogP contribution in [0.3, 0.4) is 0 Å². The fraction of sp³-hybridized carbons (Fsp3) is 0.611. The van der Waals surface area contributed by atoms with Gasteiger partial charge in [-0.05, 0) is 50.7 Å². The first-order valence-corrected chi connectivity index (χ1v) is 8.35. The van der Waals surface area contributed by atoms with Crippen molar-refractivity contribution in [1.82, 2.24) is 4.90 Å². The van der Waals surface area contributed by atoms with Crippen LogP contribution >= 0.6 is 0 Å². The molecule has 1 aromatic carbocycles. The lowest BCUT2D eigenvalue weighted by molar-refractivity contribution is -0.139. The molecule has 0 radical (unpaired) electrons. The summed E-state index contributed by atoms with van der Waals surface area (Å²) in [7, 11) is 0. The van der Waals surface area contributed by atoms with Crippen LogP contribution in [0.2, 0.25) is 0 Å². The highest BCUT2D eigenvalue weighted by molar-refractivity contribution is 5.82. The van der Waals surface area contributed by atoms with Crippen molar-refractivity contribution < 1.29 is 4.79 Å². The smallest absolute Gasteiger partial charge is 0.228 e. The van der Waals surface area contributed by atoms with E-state index in [4.69, 9.17) is 0 Å². The molecule has 0 saturated carbocycles. The van der Waals surface area contributed by atoms with Crippen LogP contribution in [0.25, 0.3) is 0 Å². The molecule has 0 aromatic heterocycles. The molecule has 3 heteroatoms. The maximum atomic E-state index is 13.0. The number of benzene rings is 1. The van der Waals surface area contributed by atoms with Crippen LogP contribution in [-0.4, -0.2) is 29.4 Å². The quantitative estimate of drug-likeness (QED) is 0.903. The molecular weight excluding hydrogens is 260 g/mol. The summed E-state index contributed by atoms with van der Waals surface area (Å²) in [6.07, 6.45) is 5.55. The first kappa shape index (κ1) is 14.4. The maximum absolute atomic E-state index is 13.0. The molecule has 2 aliphatic rings. The van der Waals surface area contributed by atoms with Crippen LogP contribution in [0.15, 0.2) is 24.3 Å². The summed E-state index contributed by atoms with van der Waals surface area (Å²) < 4.78 is 0. The number of para-hydroxylation sites is 1. The van der Waals surface area contributed by atoms with E-state index in [-0.39, 0.29) is 12.0 Å². The summed E-state index contributed by atoms with van der Waals surface area (Å²) in [5.74, 6) is 0.433. The predicted octanol–water partition coefficient (Wildman–Crippen LogP) is 3.45. The van der Waals surface area contributed by atoms with E-state index >= 15 is 0 Å². The Bertz CT molecular complexity index is 514. The van der Waals surface area contributed by atoms with Gasteiger partial charge in [-0.3, -0.25) is 4.79 Å². The first-order valence-electron chi connectivity index (χ1n) is 8.35. The number of likely N-dealkylation sites (tertiary alicyclic amines) is 1. The van der Waals surface area contributed by atoms with Gasteiger partial charge in [-0.25, -0.2) is 0 Å². The number of piperidine rings is 1. The number of hydrogen-bond acceptors (Lipinski definition) is 2. The zero-order chi connectivity index (χ0) is 14.8. The second-order valence-corrected chi connectivity index (χ2v) is 6.49. The number of carbonyl (C=O) groups is 1. The molecule has 3 nitrogen and oxygen atoms in total. The summed E-state index contributed by atoms with van der Waals surface area (Å²) in [5, 5.41) is 3.52. The Hall–Kier alpha value is -1.51. The topological polar surface area (TPSA) is 32.3 Å². The summed E-state index contributed by atoms with van der Waals surface area (Å²) in [5.41, 5.74) is 2.47. The molecule has 0 spiro atoms. The van der Waals surface area contributed by atoms with Crippen molar-refractivity contribution in [1.29, 1.82) is 0 Å². The Morgan fingerprint density at radius 1 is 1.33 bits per heavy atom. The van der Waals surface area contributed by atoms with E-state index in [0.717, 1.165) is 25.8 Å². The van der Waals surface area contributed by atoms with E-state index in [1.54, 1.807) is 0 Å². The van der Waals surface area contributed by atoms with Crippen LogP contribution in [0.5, 0.6) is 0 Å². The molecule has 114 valence electrons. The third-order valence-electron chi connectivity index (χ3n) is 5.14. The van der Waals surface area contributed by atoms with Crippen LogP contribution in [0.1, 0.15) is 45.1 Å². The Kier molecular flexibility index (Phi) is 4.18. The minimum absolute atomic E-state index is 0.0760. The predicted molar refractivity (Wildman–Crippen MR) is 86.4 cm³/mol. The highest BCUT2D eigenvalue weighted by atomic mass is 16.2. The molecule has 1 aromatic rings. The zero-order valence-corrected chi connectivity index (χ0v) is 13.1. The monoisotopic (exact) mass is 286 g/mol. The second kappa shape index (κ2) is 6.08. The number of rotatable bonds is 2. The van der Waals surface area contributed by atoms with Gasteiger partial charge in [-0.2, -0.15) is 0 Å². The van der Waals surface area contributed by atoms with Gasteiger partial charge in [0.1, 0.15) is 0 Å². The highest BCUT2D eigenvalue weighted by Gasteiger charge is 2.36. The molecule has 0 aliphatic carbocycles. The molecule has 21 heavy (non-hydrogen) atoms. The summed E-state index contributed by atoms with van der Waals surface area (Å²) in [6.45, 7) is 5.29. The molecule has 1 saturated heterocycles. The van der Waals surface area contributed by atoms with Crippen LogP contribution in [0, 0.1) is 5.92 Å². The number of anilines is 1. The minimum Gasteiger partial charge on any atom is -0.382 e. The molecule has 2 aliphatic heterocycles. The fourth-order valence-corrected chi connectivity index (χ4v) is 3.83. The Balaban J connectivity index is 1.78. The number of amides is 1. The van der Waals surface area contributed by atoms with Crippen molar-refractivity contribution in [2.45, 2.75) is 58.0 Å². The lowest BCUT2D eigenvalue weighted by Crippen LogP contribution is -2.50. The van der Waals surface area contributed by atoms with Crippen molar-refractivity contribution in [2.75, 3.05) is 11.9 Å². The normalized spacial score (nSPS) is 28.7. The summed E-state index contributed by atoms with van der Waals surface area (Å²) in [6, 6.07) is 9.04. The van der Waals surface area contributed by atoms with Crippen molar-refractivity contribution in [3.8, 4) is 0 Å². The van der Waals surface area contributed by atoms with Crippen molar-refractivity contribution in [3.05, 3.63) is 29.8 Å².